The third-order valence-corrected chi connectivity index (χ3v) is 3.87. The number of esters is 1. The molecule has 0 spiro atoms. The number of carbonyl (C=O) groups is 1. The lowest BCUT2D eigenvalue weighted by Gasteiger charge is -2.25. The minimum atomic E-state index is -0.274. The van der Waals surface area contributed by atoms with E-state index in [1.54, 1.807) is 0 Å². The fourth-order valence-corrected chi connectivity index (χ4v) is 2.64. The molecule has 0 N–H and O–H groups in total. The lowest BCUT2D eigenvalue weighted by Crippen LogP contribution is -2.31. The Morgan fingerprint density at radius 1 is 1.22 bits per heavy atom. The number of hydrogen-bond acceptors (Lipinski definition) is 3. The Bertz CT molecular complexity index is 403. The van der Waals surface area contributed by atoms with Crippen molar-refractivity contribution in [2.45, 2.75) is 45.3 Å². The van der Waals surface area contributed by atoms with E-state index >= 15 is 0 Å². The van der Waals surface area contributed by atoms with Crippen LogP contribution in [0.1, 0.15) is 42.6 Å². The summed E-state index contributed by atoms with van der Waals surface area (Å²) in [6.45, 7) is 5.53. The first kappa shape index (κ1) is 13.1. The zero-order valence-electron chi connectivity index (χ0n) is 11.3. The van der Waals surface area contributed by atoms with E-state index in [0.29, 0.717) is 17.6 Å². The van der Waals surface area contributed by atoms with Gasteiger partial charge in [-0.3, -0.25) is 4.90 Å². The molecule has 0 aromatic heterocycles. The first-order valence-corrected chi connectivity index (χ1v) is 6.55. The van der Waals surface area contributed by atoms with Gasteiger partial charge in [-0.05, 0) is 44.4 Å². The van der Waals surface area contributed by atoms with Crippen LogP contribution in [0.2, 0.25) is 0 Å². The number of ether oxygens (including phenoxy) is 1. The highest BCUT2D eigenvalue weighted by Crippen LogP contribution is 2.25. The summed E-state index contributed by atoms with van der Waals surface area (Å²) in [4.78, 5) is 13.9. The molecule has 0 radical (unpaired) electrons. The molecule has 1 aromatic rings. The molecule has 98 valence electrons. The van der Waals surface area contributed by atoms with Crippen molar-refractivity contribution in [1.29, 1.82) is 0 Å². The molecule has 1 fully saturated rings. The third kappa shape index (κ3) is 2.72. The largest absolute Gasteiger partial charge is 0.465 e. The highest BCUT2D eigenvalue weighted by Gasteiger charge is 2.26. The van der Waals surface area contributed by atoms with Gasteiger partial charge in [0.2, 0.25) is 0 Å². The molecule has 0 unspecified atom stereocenters. The maximum atomic E-state index is 11.3. The second kappa shape index (κ2) is 5.53. The zero-order chi connectivity index (χ0) is 13.1. The van der Waals surface area contributed by atoms with Crippen molar-refractivity contribution in [2.75, 3.05) is 7.11 Å². The van der Waals surface area contributed by atoms with Gasteiger partial charge in [-0.2, -0.15) is 0 Å². The topological polar surface area (TPSA) is 29.5 Å². The summed E-state index contributed by atoms with van der Waals surface area (Å²) in [5, 5.41) is 0. The Hall–Kier alpha value is -1.35. The number of nitrogens with zero attached hydrogens (tertiary/aromatic N) is 1. The van der Waals surface area contributed by atoms with Gasteiger partial charge >= 0.3 is 5.97 Å². The van der Waals surface area contributed by atoms with Crippen LogP contribution >= 0.6 is 0 Å². The Kier molecular flexibility index (Phi) is 4.02. The van der Waals surface area contributed by atoms with E-state index in [2.05, 4.69) is 18.7 Å². The fraction of sp³-hybridized carbons (Fsp3) is 0.533. The normalized spacial score (nSPS) is 24.2. The van der Waals surface area contributed by atoms with Crippen molar-refractivity contribution in [2.24, 2.45) is 0 Å². The maximum Gasteiger partial charge on any atom is 0.337 e. The summed E-state index contributed by atoms with van der Waals surface area (Å²) >= 11 is 0. The lowest BCUT2D eigenvalue weighted by atomic mass is 10.1. The average Bonchev–Trinajstić information content (AvgIpc) is 2.70. The molecule has 3 nitrogen and oxygen atoms in total. The zero-order valence-corrected chi connectivity index (χ0v) is 11.3. The summed E-state index contributed by atoms with van der Waals surface area (Å²) in [6.07, 6.45) is 2.56. The van der Waals surface area contributed by atoms with Gasteiger partial charge in [0.25, 0.3) is 0 Å². The van der Waals surface area contributed by atoms with Gasteiger partial charge in [-0.15, -0.1) is 0 Å². The minimum Gasteiger partial charge on any atom is -0.465 e. The Morgan fingerprint density at radius 3 is 2.28 bits per heavy atom. The minimum absolute atomic E-state index is 0.274. The Morgan fingerprint density at radius 2 is 1.78 bits per heavy atom. The summed E-state index contributed by atoms with van der Waals surface area (Å²) in [5.41, 5.74) is 1.87. The van der Waals surface area contributed by atoms with Crippen molar-refractivity contribution in [3.8, 4) is 0 Å². The van der Waals surface area contributed by atoms with E-state index in [0.717, 1.165) is 6.54 Å². The smallest absolute Gasteiger partial charge is 0.337 e. The van der Waals surface area contributed by atoms with Crippen molar-refractivity contribution >= 4 is 5.97 Å². The van der Waals surface area contributed by atoms with Crippen LogP contribution in [0.3, 0.4) is 0 Å². The van der Waals surface area contributed by atoms with E-state index in [4.69, 9.17) is 4.74 Å². The first-order valence-electron chi connectivity index (χ1n) is 6.55. The van der Waals surface area contributed by atoms with Crippen LogP contribution in [-0.4, -0.2) is 30.1 Å². The number of carbonyl (C=O) groups excluding carboxylic acids is 1. The van der Waals surface area contributed by atoms with Gasteiger partial charge in [0.15, 0.2) is 0 Å². The predicted octanol–water partition coefficient (Wildman–Crippen LogP) is 2.85. The predicted molar refractivity (Wildman–Crippen MR) is 71.5 cm³/mol. The Balaban J connectivity index is 2.04. The van der Waals surface area contributed by atoms with Crippen LogP contribution in [0.4, 0.5) is 0 Å². The van der Waals surface area contributed by atoms with Crippen LogP contribution in [0.5, 0.6) is 0 Å². The van der Waals surface area contributed by atoms with Gasteiger partial charge in [-0.1, -0.05) is 12.1 Å². The maximum absolute atomic E-state index is 11.3. The van der Waals surface area contributed by atoms with Gasteiger partial charge < -0.3 is 4.74 Å². The lowest BCUT2D eigenvalue weighted by molar-refractivity contribution is 0.0600. The highest BCUT2D eigenvalue weighted by atomic mass is 16.5. The number of likely N-dealkylation sites (tertiary alicyclic amines) is 1. The van der Waals surface area contributed by atoms with E-state index in [1.807, 2.05) is 24.3 Å². The number of benzene rings is 1. The molecule has 0 amide bonds. The van der Waals surface area contributed by atoms with Crippen LogP contribution in [0.15, 0.2) is 24.3 Å². The number of rotatable bonds is 3. The number of methoxy groups -OCH3 is 1. The standard InChI is InChI=1S/C15H21NO2/c1-11-4-5-12(2)16(11)10-13-6-8-14(9-7-13)15(17)18-3/h6-9,11-12H,4-5,10H2,1-3H3/t11-,12+. The van der Waals surface area contributed by atoms with E-state index in [1.165, 1.54) is 25.5 Å². The molecule has 1 saturated heterocycles. The molecular weight excluding hydrogens is 226 g/mol. The van der Waals surface area contributed by atoms with Crippen molar-refractivity contribution in [3.05, 3.63) is 35.4 Å². The van der Waals surface area contributed by atoms with E-state index in [9.17, 15) is 4.79 Å². The highest BCUT2D eigenvalue weighted by molar-refractivity contribution is 5.89. The van der Waals surface area contributed by atoms with Gasteiger partial charge in [0, 0.05) is 18.6 Å². The van der Waals surface area contributed by atoms with Crippen LogP contribution in [0.25, 0.3) is 0 Å². The van der Waals surface area contributed by atoms with Crippen LogP contribution in [-0.2, 0) is 11.3 Å². The summed E-state index contributed by atoms with van der Waals surface area (Å²) in [7, 11) is 1.41. The second-order valence-electron chi connectivity index (χ2n) is 5.14. The van der Waals surface area contributed by atoms with Crippen molar-refractivity contribution in [3.63, 3.8) is 0 Å². The average molecular weight is 247 g/mol. The SMILES string of the molecule is COC(=O)c1ccc(CN2[C@H](C)CC[C@@H]2C)cc1. The molecule has 1 heterocycles. The monoisotopic (exact) mass is 247 g/mol. The third-order valence-electron chi connectivity index (χ3n) is 3.87. The molecule has 1 aromatic carbocycles. The van der Waals surface area contributed by atoms with E-state index in [-0.39, 0.29) is 5.97 Å². The first-order chi connectivity index (χ1) is 8.61. The van der Waals surface area contributed by atoms with Gasteiger partial charge in [-0.25, -0.2) is 4.79 Å². The quantitative estimate of drug-likeness (QED) is 0.769. The molecule has 0 aliphatic carbocycles. The summed E-state index contributed by atoms with van der Waals surface area (Å²) in [5.74, 6) is -0.274. The molecule has 2 rings (SSSR count). The van der Waals surface area contributed by atoms with Gasteiger partial charge in [0.1, 0.15) is 0 Å². The van der Waals surface area contributed by atoms with Crippen LogP contribution in [0, 0.1) is 0 Å². The molecule has 18 heavy (non-hydrogen) atoms. The number of hydrogen-bond donors (Lipinski definition) is 0. The van der Waals surface area contributed by atoms with Crippen molar-refractivity contribution < 1.29 is 9.53 Å². The van der Waals surface area contributed by atoms with E-state index < -0.39 is 0 Å². The molecule has 3 heteroatoms. The molecule has 0 saturated carbocycles. The summed E-state index contributed by atoms with van der Waals surface area (Å²) < 4.78 is 4.69. The molecule has 0 bridgehead atoms. The summed E-state index contributed by atoms with van der Waals surface area (Å²) in [6, 6.07) is 9.02. The molecule has 1 aliphatic heterocycles. The molecule has 1 aliphatic rings. The molecule has 2 atom stereocenters. The van der Waals surface area contributed by atoms with Crippen LogP contribution < -0.4 is 0 Å². The molecular formula is C15H21NO2. The second-order valence-corrected chi connectivity index (χ2v) is 5.14. The van der Waals surface area contributed by atoms with Gasteiger partial charge in [0.05, 0.1) is 12.7 Å². The Labute approximate surface area is 109 Å². The van der Waals surface area contributed by atoms with Crippen molar-refractivity contribution in [1.82, 2.24) is 4.90 Å². The fourth-order valence-electron chi connectivity index (χ4n) is 2.64.